The van der Waals surface area contributed by atoms with Gasteiger partial charge in [-0.3, -0.25) is 14.9 Å². The lowest BCUT2D eigenvalue weighted by Gasteiger charge is -2.02. The lowest BCUT2D eigenvalue weighted by Crippen LogP contribution is -2.14. The standard InChI is InChI=1S/C18H12N2O3S/c1-10-6-7-12-16(8-10)24-18(19-12)20-17(22)15-9-13(21)11-4-2-3-5-14(11)23-15/h2-9H,1H3,(H,19,20,22). The number of fused-ring (bicyclic) bond motifs is 2. The van der Waals surface area contributed by atoms with Gasteiger partial charge >= 0.3 is 0 Å². The first-order valence-electron chi connectivity index (χ1n) is 7.31. The highest BCUT2D eigenvalue weighted by Gasteiger charge is 2.14. The van der Waals surface area contributed by atoms with Crippen molar-refractivity contribution in [1.29, 1.82) is 0 Å². The minimum atomic E-state index is -0.492. The monoisotopic (exact) mass is 336 g/mol. The molecule has 118 valence electrons. The summed E-state index contributed by atoms with van der Waals surface area (Å²) >= 11 is 1.38. The van der Waals surface area contributed by atoms with E-state index in [2.05, 4.69) is 10.3 Å². The van der Waals surface area contributed by atoms with Crippen LogP contribution in [-0.4, -0.2) is 10.9 Å². The second-order valence-electron chi connectivity index (χ2n) is 5.42. The fourth-order valence-electron chi connectivity index (χ4n) is 2.46. The number of benzene rings is 2. The molecule has 0 radical (unpaired) electrons. The summed E-state index contributed by atoms with van der Waals surface area (Å²) in [5, 5.41) is 3.61. The third kappa shape index (κ3) is 2.57. The van der Waals surface area contributed by atoms with Gasteiger partial charge in [0.15, 0.2) is 16.3 Å². The summed E-state index contributed by atoms with van der Waals surface area (Å²) < 4.78 is 6.53. The third-order valence-electron chi connectivity index (χ3n) is 3.62. The lowest BCUT2D eigenvalue weighted by molar-refractivity contribution is 0.0997. The van der Waals surface area contributed by atoms with Crippen molar-refractivity contribution in [3.05, 3.63) is 70.1 Å². The van der Waals surface area contributed by atoms with E-state index in [1.807, 2.05) is 25.1 Å². The molecule has 0 spiro atoms. The van der Waals surface area contributed by atoms with Gasteiger partial charge in [-0.25, -0.2) is 4.98 Å². The van der Waals surface area contributed by atoms with Crippen LogP contribution in [0.15, 0.2) is 57.7 Å². The molecule has 0 saturated carbocycles. The maximum atomic E-state index is 12.4. The van der Waals surface area contributed by atoms with E-state index in [0.717, 1.165) is 15.8 Å². The van der Waals surface area contributed by atoms with Gasteiger partial charge in [0, 0.05) is 6.07 Å². The average Bonchev–Trinajstić information content (AvgIpc) is 2.96. The summed E-state index contributed by atoms with van der Waals surface area (Å²) in [5.41, 5.74) is 2.09. The Labute approximate surface area is 140 Å². The van der Waals surface area contributed by atoms with Crippen LogP contribution in [0.3, 0.4) is 0 Å². The first-order chi connectivity index (χ1) is 11.6. The number of amides is 1. The number of para-hydroxylation sites is 1. The highest BCUT2D eigenvalue weighted by molar-refractivity contribution is 7.22. The summed E-state index contributed by atoms with van der Waals surface area (Å²) in [6, 6.07) is 13.9. The Kier molecular flexibility index (Phi) is 3.39. The van der Waals surface area contributed by atoms with Crippen LogP contribution in [0.2, 0.25) is 0 Å². The van der Waals surface area contributed by atoms with Gasteiger partial charge in [0.25, 0.3) is 5.91 Å². The van der Waals surface area contributed by atoms with Crippen LogP contribution in [-0.2, 0) is 0 Å². The number of carbonyl (C=O) groups excluding carboxylic acids is 1. The Morgan fingerprint density at radius 1 is 1.17 bits per heavy atom. The molecule has 0 saturated heterocycles. The number of anilines is 1. The quantitative estimate of drug-likeness (QED) is 0.601. The number of nitrogens with one attached hydrogen (secondary N) is 1. The van der Waals surface area contributed by atoms with Crippen LogP contribution >= 0.6 is 11.3 Å². The van der Waals surface area contributed by atoms with E-state index < -0.39 is 5.91 Å². The van der Waals surface area contributed by atoms with Gasteiger partial charge in [0.05, 0.1) is 15.6 Å². The Balaban J connectivity index is 1.69. The molecule has 6 heteroatoms. The zero-order valence-corrected chi connectivity index (χ0v) is 13.5. The molecule has 2 heterocycles. The number of nitrogens with zero attached hydrogens (tertiary/aromatic N) is 1. The summed E-state index contributed by atoms with van der Waals surface area (Å²) in [6.07, 6.45) is 0. The summed E-state index contributed by atoms with van der Waals surface area (Å²) in [7, 11) is 0. The molecule has 1 amide bonds. The predicted octanol–water partition coefficient (Wildman–Crippen LogP) is 3.96. The average molecular weight is 336 g/mol. The van der Waals surface area contributed by atoms with Gasteiger partial charge in [-0.2, -0.15) is 0 Å². The summed E-state index contributed by atoms with van der Waals surface area (Å²) in [6.45, 7) is 2.00. The molecule has 2 aromatic heterocycles. The molecule has 4 aromatic rings. The number of aromatic nitrogens is 1. The lowest BCUT2D eigenvalue weighted by atomic mass is 10.2. The number of hydrogen-bond acceptors (Lipinski definition) is 5. The van der Waals surface area contributed by atoms with E-state index >= 15 is 0 Å². The molecule has 0 bridgehead atoms. The Morgan fingerprint density at radius 3 is 2.88 bits per heavy atom. The molecule has 0 atom stereocenters. The van der Waals surface area contributed by atoms with Crippen molar-refractivity contribution in [2.75, 3.05) is 5.32 Å². The molecule has 4 rings (SSSR count). The fourth-order valence-corrected chi connectivity index (χ4v) is 3.42. The van der Waals surface area contributed by atoms with E-state index in [1.165, 1.54) is 17.4 Å². The smallest absolute Gasteiger partial charge is 0.293 e. The topological polar surface area (TPSA) is 72.2 Å². The van der Waals surface area contributed by atoms with Crippen molar-refractivity contribution in [3.63, 3.8) is 0 Å². The van der Waals surface area contributed by atoms with E-state index in [-0.39, 0.29) is 11.2 Å². The molecular formula is C18H12N2O3S. The van der Waals surface area contributed by atoms with Crippen LogP contribution < -0.4 is 10.7 Å². The van der Waals surface area contributed by atoms with Crippen LogP contribution in [0.1, 0.15) is 16.1 Å². The zero-order chi connectivity index (χ0) is 16.7. The molecular weight excluding hydrogens is 324 g/mol. The summed E-state index contributed by atoms with van der Waals surface area (Å²) in [4.78, 5) is 28.8. The molecule has 24 heavy (non-hydrogen) atoms. The van der Waals surface area contributed by atoms with E-state index in [4.69, 9.17) is 4.42 Å². The molecule has 0 aliphatic rings. The van der Waals surface area contributed by atoms with Gasteiger partial charge in [-0.05, 0) is 36.8 Å². The Morgan fingerprint density at radius 2 is 2.00 bits per heavy atom. The van der Waals surface area contributed by atoms with Crippen molar-refractivity contribution >= 4 is 43.6 Å². The van der Waals surface area contributed by atoms with E-state index in [9.17, 15) is 9.59 Å². The van der Waals surface area contributed by atoms with Crippen molar-refractivity contribution < 1.29 is 9.21 Å². The van der Waals surface area contributed by atoms with E-state index in [1.54, 1.807) is 24.3 Å². The third-order valence-corrected chi connectivity index (χ3v) is 4.56. The van der Waals surface area contributed by atoms with Gasteiger partial charge in [-0.15, -0.1) is 0 Å². The van der Waals surface area contributed by atoms with Gasteiger partial charge < -0.3 is 4.42 Å². The largest absolute Gasteiger partial charge is 0.451 e. The van der Waals surface area contributed by atoms with Gasteiger partial charge in [0.1, 0.15) is 5.58 Å². The van der Waals surface area contributed by atoms with Crippen LogP contribution in [0.5, 0.6) is 0 Å². The number of hydrogen-bond donors (Lipinski definition) is 1. The first-order valence-corrected chi connectivity index (χ1v) is 8.13. The molecule has 0 fully saturated rings. The van der Waals surface area contributed by atoms with Crippen LogP contribution in [0.25, 0.3) is 21.2 Å². The maximum Gasteiger partial charge on any atom is 0.293 e. The van der Waals surface area contributed by atoms with Crippen LogP contribution in [0, 0.1) is 6.92 Å². The molecule has 5 nitrogen and oxygen atoms in total. The van der Waals surface area contributed by atoms with Crippen molar-refractivity contribution in [1.82, 2.24) is 4.98 Å². The molecule has 0 unspecified atom stereocenters. The normalized spacial score (nSPS) is 11.0. The van der Waals surface area contributed by atoms with Crippen molar-refractivity contribution in [3.8, 4) is 0 Å². The molecule has 2 aromatic carbocycles. The highest BCUT2D eigenvalue weighted by Crippen LogP contribution is 2.27. The van der Waals surface area contributed by atoms with E-state index in [0.29, 0.717) is 16.1 Å². The minimum Gasteiger partial charge on any atom is -0.451 e. The number of aryl methyl sites for hydroxylation is 1. The number of thiazole rings is 1. The molecule has 0 aliphatic heterocycles. The van der Waals surface area contributed by atoms with Crippen molar-refractivity contribution in [2.45, 2.75) is 6.92 Å². The first kappa shape index (κ1) is 14.6. The van der Waals surface area contributed by atoms with Crippen LogP contribution in [0.4, 0.5) is 5.13 Å². The van der Waals surface area contributed by atoms with Gasteiger partial charge in [-0.1, -0.05) is 29.5 Å². The number of rotatable bonds is 2. The maximum absolute atomic E-state index is 12.4. The zero-order valence-electron chi connectivity index (χ0n) is 12.7. The second kappa shape index (κ2) is 5.58. The molecule has 0 aliphatic carbocycles. The molecule has 1 N–H and O–H groups in total. The highest BCUT2D eigenvalue weighted by atomic mass is 32.1. The summed E-state index contributed by atoms with van der Waals surface area (Å²) in [5.74, 6) is -0.525. The van der Waals surface area contributed by atoms with Gasteiger partial charge in [0.2, 0.25) is 0 Å². The second-order valence-corrected chi connectivity index (χ2v) is 6.45. The Bertz CT molecular complexity index is 1140. The van der Waals surface area contributed by atoms with Crippen molar-refractivity contribution in [2.24, 2.45) is 0 Å². The SMILES string of the molecule is Cc1ccc2nc(NC(=O)c3cc(=O)c4ccccc4o3)sc2c1. The minimum absolute atomic E-state index is 0.0332. The Hall–Kier alpha value is -2.99. The number of carbonyl (C=O) groups is 1. The predicted molar refractivity (Wildman–Crippen MR) is 94.8 cm³/mol. The fraction of sp³-hybridized carbons (Fsp3) is 0.0556.